The number of hydrogen-bond donors (Lipinski definition) is 2. The molecule has 8 heteroatoms. The van der Waals surface area contributed by atoms with Crippen LogP contribution in [0.15, 0.2) is 30.3 Å². The summed E-state index contributed by atoms with van der Waals surface area (Å²) in [7, 11) is 4.53. The zero-order valence-electron chi connectivity index (χ0n) is 14.0. The number of methoxy groups -OCH3 is 3. The molecular formula is C17H18Cl2N2O4. The summed E-state index contributed by atoms with van der Waals surface area (Å²) in [4.78, 5) is 12.2. The van der Waals surface area contributed by atoms with Crippen LogP contribution in [0, 0.1) is 0 Å². The molecular weight excluding hydrogens is 367 g/mol. The summed E-state index contributed by atoms with van der Waals surface area (Å²) in [5, 5.41) is 6.69. The van der Waals surface area contributed by atoms with Gasteiger partial charge in [0.15, 0.2) is 11.5 Å². The van der Waals surface area contributed by atoms with E-state index < -0.39 is 0 Å². The third-order valence-electron chi connectivity index (χ3n) is 3.26. The van der Waals surface area contributed by atoms with Gasteiger partial charge in [-0.05, 0) is 18.2 Å². The monoisotopic (exact) mass is 384 g/mol. The van der Waals surface area contributed by atoms with Crippen molar-refractivity contribution in [1.82, 2.24) is 0 Å². The third-order valence-corrected chi connectivity index (χ3v) is 3.70. The van der Waals surface area contributed by atoms with Crippen molar-refractivity contribution in [3.05, 3.63) is 40.4 Å². The van der Waals surface area contributed by atoms with Crippen LogP contribution < -0.4 is 24.8 Å². The Morgan fingerprint density at radius 2 is 1.44 bits per heavy atom. The molecule has 2 aromatic rings. The maximum absolute atomic E-state index is 12.2. The summed E-state index contributed by atoms with van der Waals surface area (Å²) >= 11 is 11.9. The largest absolute Gasteiger partial charge is 0.493 e. The predicted molar refractivity (Wildman–Crippen MR) is 99.7 cm³/mol. The summed E-state index contributed by atoms with van der Waals surface area (Å²) in [5.74, 6) is 1.10. The first kappa shape index (κ1) is 19.0. The fourth-order valence-electron chi connectivity index (χ4n) is 2.20. The van der Waals surface area contributed by atoms with E-state index in [0.29, 0.717) is 38.7 Å². The maximum atomic E-state index is 12.2. The molecule has 0 aliphatic heterocycles. The summed E-state index contributed by atoms with van der Waals surface area (Å²) in [6, 6.07) is 8.27. The van der Waals surface area contributed by atoms with Crippen LogP contribution in [-0.4, -0.2) is 33.8 Å². The number of benzene rings is 2. The minimum atomic E-state index is -0.259. The van der Waals surface area contributed by atoms with E-state index in [4.69, 9.17) is 37.4 Å². The van der Waals surface area contributed by atoms with E-state index in [0.717, 1.165) is 0 Å². The Labute approximate surface area is 156 Å². The second kappa shape index (κ2) is 8.69. The number of anilines is 2. The lowest BCUT2D eigenvalue weighted by atomic mass is 10.2. The van der Waals surface area contributed by atoms with Crippen molar-refractivity contribution in [3.63, 3.8) is 0 Å². The first-order valence-corrected chi connectivity index (χ1v) is 8.02. The van der Waals surface area contributed by atoms with E-state index >= 15 is 0 Å². The van der Waals surface area contributed by atoms with Crippen molar-refractivity contribution in [2.24, 2.45) is 0 Å². The van der Waals surface area contributed by atoms with Crippen molar-refractivity contribution in [1.29, 1.82) is 0 Å². The van der Waals surface area contributed by atoms with E-state index in [9.17, 15) is 4.79 Å². The summed E-state index contributed by atoms with van der Waals surface area (Å²) in [6.07, 6.45) is 0. The number of hydrogen-bond acceptors (Lipinski definition) is 5. The van der Waals surface area contributed by atoms with Crippen molar-refractivity contribution < 1.29 is 19.0 Å². The van der Waals surface area contributed by atoms with Crippen LogP contribution in [0.25, 0.3) is 0 Å². The van der Waals surface area contributed by atoms with E-state index in [2.05, 4.69) is 10.6 Å². The van der Waals surface area contributed by atoms with E-state index in [1.807, 2.05) is 0 Å². The van der Waals surface area contributed by atoms with Gasteiger partial charge in [0.05, 0.1) is 27.9 Å². The van der Waals surface area contributed by atoms with Gasteiger partial charge in [-0.3, -0.25) is 4.79 Å². The molecule has 1 amide bonds. The van der Waals surface area contributed by atoms with Gasteiger partial charge in [0.1, 0.15) is 0 Å². The van der Waals surface area contributed by atoms with Crippen LogP contribution in [0.2, 0.25) is 10.0 Å². The Balaban J connectivity index is 2.07. The van der Waals surface area contributed by atoms with Gasteiger partial charge in [0, 0.05) is 33.6 Å². The molecule has 134 valence electrons. The highest BCUT2D eigenvalue weighted by Crippen LogP contribution is 2.39. The lowest BCUT2D eigenvalue weighted by Crippen LogP contribution is -2.21. The lowest BCUT2D eigenvalue weighted by Gasteiger charge is -2.15. The highest BCUT2D eigenvalue weighted by atomic mass is 35.5. The average molecular weight is 385 g/mol. The molecule has 0 radical (unpaired) electrons. The number of carbonyl (C=O) groups is 1. The van der Waals surface area contributed by atoms with Crippen LogP contribution in [0.5, 0.6) is 17.2 Å². The standard InChI is InChI=1S/C17H18Cl2N2O4/c1-23-14-7-13(8-15(24-2)17(14)25-3)21-16(22)9-20-12-5-10(18)4-11(19)6-12/h4-8,20H,9H2,1-3H3,(H,21,22). The van der Waals surface area contributed by atoms with Crippen molar-refractivity contribution >= 4 is 40.5 Å². The Kier molecular flexibility index (Phi) is 6.61. The van der Waals surface area contributed by atoms with Crippen LogP contribution in [0.3, 0.4) is 0 Å². The Morgan fingerprint density at radius 3 is 1.92 bits per heavy atom. The quantitative estimate of drug-likeness (QED) is 0.752. The first-order valence-electron chi connectivity index (χ1n) is 7.26. The molecule has 0 spiro atoms. The number of rotatable bonds is 7. The van der Waals surface area contributed by atoms with Gasteiger partial charge >= 0.3 is 0 Å². The Hall–Kier alpha value is -2.31. The van der Waals surface area contributed by atoms with Gasteiger partial charge in [0.25, 0.3) is 0 Å². The minimum Gasteiger partial charge on any atom is -0.493 e. The van der Waals surface area contributed by atoms with E-state index in [1.165, 1.54) is 21.3 Å². The molecule has 0 unspecified atom stereocenters. The van der Waals surface area contributed by atoms with Crippen molar-refractivity contribution in [2.45, 2.75) is 0 Å². The zero-order chi connectivity index (χ0) is 18.4. The summed E-state index contributed by atoms with van der Waals surface area (Å²) in [6.45, 7) is 0.0351. The Morgan fingerprint density at radius 1 is 0.880 bits per heavy atom. The molecule has 0 atom stereocenters. The first-order chi connectivity index (χ1) is 12.0. The molecule has 0 heterocycles. The minimum absolute atomic E-state index is 0.0351. The van der Waals surface area contributed by atoms with E-state index in [-0.39, 0.29) is 12.5 Å². The summed E-state index contributed by atoms with van der Waals surface area (Å²) in [5.41, 5.74) is 1.17. The maximum Gasteiger partial charge on any atom is 0.243 e. The van der Waals surface area contributed by atoms with Crippen LogP contribution >= 0.6 is 23.2 Å². The zero-order valence-corrected chi connectivity index (χ0v) is 15.5. The molecule has 0 bridgehead atoms. The van der Waals surface area contributed by atoms with Gasteiger partial charge < -0.3 is 24.8 Å². The van der Waals surface area contributed by atoms with Crippen molar-refractivity contribution in [2.75, 3.05) is 38.5 Å². The predicted octanol–water partition coefficient (Wildman–Crippen LogP) is 4.07. The molecule has 2 N–H and O–H groups in total. The highest BCUT2D eigenvalue weighted by molar-refractivity contribution is 6.35. The van der Waals surface area contributed by atoms with Gasteiger partial charge in [-0.25, -0.2) is 0 Å². The molecule has 0 fully saturated rings. The molecule has 0 saturated heterocycles. The van der Waals surface area contributed by atoms with Gasteiger partial charge in [-0.1, -0.05) is 23.2 Å². The lowest BCUT2D eigenvalue weighted by molar-refractivity contribution is -0.114. The number of carbonyl (C=O) groups excluding carboxylic acids is 1. The normalized spacial score (nSPS) is 10.1. The number of nitrogens with one attached hydrogen (secondary N) is 2. The van der Waals surface area contributed by atoms with Crippen molar-refractivity contribution in [3.8, 4) is 17.2 Å². The van der Waals surface area contributed by atoms with Gasteiger partial charge in [-0.2, -0.15) is 0 Å². The number of amides is 1. The third kappa shape index (κ3) is 5.08. The molecule has 0 aliphatic rings. The topological polar surface area (TPSA) is 68.8 Å². The highest BCUT2D eigenvalue weighted by Gasteiger charge is 2.14. The summed E-state index contributed by atoms with van der Waals surface area (Å²) < 4.78 is 15.8. The molecule has 25 heavy (non-hydrogen) atoms. The number of halogens is 2. The molecule has 0 aliphatic carbocycles. The van der Waals surface area contributed by atoms with Gasteiger partial charge in [-0.15, -0.1) is 0 Å². The second-order valence-electron chi connectivity index (χ2n) is 4.97. The SMILES string of the molecule is COc1cc(NC(=O)CNc2cc(Cl)cc(Cl)c2)cc(OC)c1OC. The van der Waals surface area contributed by atoms with Crippen LogP contribution in [0.4, 0.5) is 11.4 Å². The molecule has 0 aromatic heterocycles. The van der Waals surface area contributed by atoms with E-state index in [1.54, 1.807) is 30.3 Å². The van der Waals surface area contributed by atoms with Crippen LogP contribution in [0.1, 0.15) is 0 Å². The smallest absolute Gasteiger partial charge is 0.243 e. The average Bonchev–Trinajstić information content (AvgIpc) is 2.58. The molecule has 2 aromatic carbocycles. The fourth-order valence-corrected chi connectivity index (χ4v) is 2.72. The molecule has 0 saturated carbocycles. The number of ether oxygens (including phenoxy) is 3. The molecule has 2 rings (SSSR count). The second-order valence-corrected chi connectivity index (χ2v) is 5.85. The van der Waals surface area contributed by atoms with Crippen LogP contribution in [-0.2, 0) is 4.79 Å². The van der Waals surface area contributed by atoms with Gasteiger partial charge in [0.2, 0.25) is 11.7 Å². The fraction of sp³-hybridized carbons (Fsp3) is 0.235. The molecule has 6 nitrogen and oxygen atoms in total. The Bertz CT molecular complexity index is 723.